The van der Waals surface area contributed by atoms with Crippen LogP contribution in [0.3, 0.4) is 0 Å². The van der Waals surface area contributed by atoms with Crippen molar-refractivity contribution >= 4 is 0 Å². The average molecular weight is 206 g/mol. The van der Waals surface area contributed by atoms with Crippen molar-refractivity contribution in [3.63, 3.8) is 0 Å². The normalized spacial score (nSPS) is 13.5. The molecular weight excluding hydrogens is 184 g/mol. The maximum atomic E-state index is 9.20. The van der Waals surface area contributed by atoms with Crippen molar-refractivity contribution in [2.24, 2.45) is 5.92 Å². The van der Waals surface area contributed by atoms with Crippen molar-refractivity contribution in [1.82, 2.24) is 0 Å². The van der Waals surface area contributed by atoms with Gasteiger partial charge in [-0.25, -0.2) is 0 Å². The Bertz CT molecular complexity index is 117. The van der Waals surface area contributed by atoms with Gasteiger partial charge in [0, 0.05) is 13.7 Å². The fourth-order valence-electron chi connectivity index (χ4n) is 0.897. The van der Waals surface area contributed by atoms with Gasteiger partial charge in [-0.3, -0.25) is 0 Å². The van der Waals surface area contributed by atoms with Gasteiger partial charge in [-0.1, -0.05) is 13.8 Å². The van der Waals surface area contributed by atoms with Crippen LogP contribution in [0.1, 0.15) is 13.8 Å². The molecule has 0 aromatic heterocycles. The average Bonchev–Trinajstić information content (AvgIpc) is 2.11. The Morgan fingerprint density at radius 2 is 1.57 bits per heavy atom. The Balaban J connectivity index is 3.05. The molecule has 0 bridgehead atoms. The van der Waals surface area contributed by atoms with Crippen LogP contribution in [0, 0.1) is 5.92 Å². The van der Waals surface area contributed by atoms with E-state index in [2.05, 4.69) is 13.8 Å². The number of rotatable bonds is 9. The molecule has 4 heteroatoms. The van der Waals surface area contributed by atoms with Crippen LogP contribution in [0.4, 0.5) is 0 Å². The van der Waals surface area contributed by atoms with Crippen molar-refractivity contribution < 1.29 is 19.3 Å². The summed E-state index contributed by atoms with van der Waals surface area (Å²) in [7, 11) is 1.55. The first-order chi connectivity index (χ1) is 6.66. The number of hydrogen-bond donors (Lipinski definition) is 1. The zero-order chi connectivity index (χ0) is 10.8. The monoisotopic (exact) mass is 206 g/mol. The van der Waals surface area contributed by atoms with E-state index in [1.165, 1.54) is 0 Å². The molecule has 0 aliphatic rings. The molecule has 0 saturated heterocycles. The van der Waals surface area contributed by atoms with Gasteiger partial charge in [-0.05, 0) is 5.92 Å². The molecule has 1 unspecified atom stereocenters. The summed E-state index contributed by atoms with van der Waals surface area (Å²) in [5.74, 6) is 0.550. The van der Waals surface area contributed by atoms with E-state index in [4.69, 9.17) is 14.2 Å². The van der Waals surface area contributed by atoms with Gasteiger partial charge in [-0.2, -0.15) is 0 Å². The summed E-state index contributed by atoms with van der Waals surface area (Å²) in [6.07, 6.45) is -0.537. The van der Waals surface area contributed by atoms with Crippen molar-refractivity contribution in [2.75, 3.05) is 40.1 Å². The summed E-state index contributed by atoms with van der Waals surface area (Å²) >= 11 is 0. The first kappa shape index (κ1) is 13.8. The Kier molecular flexibility index (Phi) is 9.29. The highest BCUT2D eigenvalue weighted by molar-refractivity contribution is 4.50. The van der Waals surface area contributed by atoms with Crippen molar-refractivity contribution in [1.29, 1.82) is 0 Å². The molecular formula is C10H22O4. The molecule has 0 aromatic rings. The van der Waals surface area contributed by atoms with Crippen molar-refractivity contribution in [2.45, 2.75) is 20.0 Å². The van der Waals surface area contributed by atoms with Crippen LogP contribution < -0.4 is 0 Å². The number of ether oxygens (including phenoxy) is 3. The second-order valence-corrected chi connectivity index (χ2v) is 3.65. The topological polar surface area (TPSA) is 47.9 Å². The fraction of sp³-hybridized carbons (Fsp3) is 1.00. The van der Waals surface area contributed by atoms with Gasteiger partial charge in [-0.15, -0.1) is 0 Å². The molecule has 0 heterocycles. The van der Waals surface area contributed by atoms with Crippen LogP contribution in [0.2, 0.25) is 0 Å². The summed E-state index contributed by atoms with van der Waals surface area (Å²) in [4.78, 5) is 0. The number of hydrogen-bond acceptors (Lipinski definition) is 4. The molecule has 0 saturated carbocycles. The SMILES string of the molecule is COCC(O)COCCOCC(C)C. The summed E-state index contributed by atoms with van der Waals surface area (Å²) in [5.41, 5.74) is 0. The van der Waals surface area contributed by atoms with Crippen LogP contribution in [0.25, 0.3) is 0 Å². The van der Waals surface area contributed by atoms with Crippen LogP contribution >= 0.6 is 0 Å². The predicted molar refractivity (Wildman–Crippen MR) is 54.4 cm³/mol. The van der Waals surface area contributed by atoms with E-state index in [0.717, 1.165) is 6.61 Å². The molecule has 0 amide bonds. The lowest BCUT2D eigenvalue weighted by atomic mass is 10.2. The van der Waals surface area contributed by atoms with E-state index >= 15 is 0 Å². The minimum atomic E-state index is -0.537. The largest absolute Gasteiger partial charge is 0.388 e. The van der Waals surface area contributed by atoms with Crippen LogP contribution in [0.15, 0.2) is 0 Å². The first-order valence-electron chi connectivity index (χ1n) is 4.99. The first-order valence-corrected chi connectivity index (χ1v) is 4.99. The second kappa shape index (κ2) is 9.40. The molecule has 0 radical (unpaired) electrons. The lowest BCUT2D eigenvalue weighted by Gasteiger charge is -2.10. The molecule has 1 N–H and O–H groups in total. The molecule has 1 atom stereocenters. The summed E-state index contributed by atoms with van der Waals surface area (Å²) in [6.45, 7) is 6.67. The van der Waals surface area contributed by atoms with Crippen LogP contribution in [-0.2, 0) is 14.2 Å². The summed E-state index contributed by atoms with van der Waals surface area (Å²) in [6, 6.07) is 0. The fourth-order valence-corrected chi connectivity index (χ4v) is 0.897. The molecule has 0 rings (SSSR count). The number of aliphatic hydroxyl groups excluding tert-OH is 1. The zero-order valence-electron chi connectivity index (χ0n) is 9.36. The molecule has 0 aromatic carbocycles. The van der Waals surface area contributed by atoms with E-state index < -0.39 is 6.10 Å². The Labute approximate surface area is 86.2 Å². The molecule has 0 fully saturated rings. The third kappa shape index (κ3) is 9.92. The molecule has 14 heavy (non-hydrogen) atoms. The van der Waals surface area contributed by atoms with Gasteiger partial charge < -0.3 is 19.3 Å². The Morgan fingerprint density at radius 1 is 1.00 bits per heavy atom. The minimum absolute atomic E-state index is 0.304. The lowest BCUT2D eigenvalue weighted by molar-refractivity contribution is -0.0251. The Morgan fingerprint density at radius 3 is 2.07 bits per heavy atom. The van der Waals surface area contributed by atoms with Gasteiger partial charge in [0.1, 0.15) is 6.10 Å². The maximum Gasteiger partial charge on any atom is 0.101 e. The molecule has 0 aliphatic carbocycles. The molecule has 0 aliphatic heterocycles. The lowest BCUT2D eigenvalue weighted by Crippen LogP contribution is -2.22. The van der Waals surface area contributed by atoms with Gasteiger partial charge in [0.2, 0.25) is 0 Å². The van der Waals surface area contributed by atoms with Crippen molar-refractivity contribution in [3.8, 4) is 0 Å². The molecule has 86 valence electrons. The maximum absolute atomic E-state index is 9.20. The minimum Gasteiger partial charge on any atom is -0.388 e. The van der Waals surface area contributed by atoms with E-state index in [1.807, 2.05) is 0 Å². The summed E-state index contributed by atoms with van der Waals surface area (Å²) in [5, 5.41) is 9.20. The number of aliphatic hydroxyl groups is 1. The second-order valence-electron chi connectivity index (χ2n) is 3.65. The van der Waals surface area contributed by atoms with Gasteiger partial charge in [0.25, 0.3) is 0 Å². The van der Waals surface area contributed by atoms with E-state index in [-0.39, 0.29) is 0 Å². The van der Waals surface area contributed by atoms with Crippen LogP contribution in [-0.4, -0.2) is 51.4 Å². The van der Waals surface area contributed by atoms with E-state index in [1.54, 1.807) is 7.11 Å². The number of methoxy groups -OCH3 is 1. The quantitative estimate of drug-likeness (QED) is 0.564. The van der Waals surface area contributed by atoms with Gasteiger partial charge in [0.05, 0.1) is 26.4 Å². The summed E-state index contributed by atoms with van der Waals surface area (Å²) < 4.78 is 15.2. The smallest absolute Gasteiger partial charge is 0.101 e. The molecule has 0 spiro atoms. The third-order valence-electron chi connectivity index (χ3n) is 1.49. The van der Waals surface area contributed by atoms with Gasteiger partial charge >= 0.3 is 0 Å². The third-order valence-corrected chi connectivity index (χ3v) is 1.49. The zero-order valence-corrected chi connectivity index (χ0v) is 9.36. The van der Waals surface area contributed by atoms with E-state index in [9.17, 15) is 5.11 Å². The standard InChI is InChI=1S/C10H22O4/c1-9(2)6-13-4-5-14-8-10(11)7-12-3/h9-11H,4-8H2,1-3H3. The van der Waals surface area contributed by atoms with Gasteiger partial charge in [0.15, 0.2) is 0 Å². The highest BCUT2D eigenvalue weighted by Gasteiger charge is 2.02. The highest BCUT2D eigenvalue weighted by Crippen LogP contribution is 1.92. The highest BCUT2D eigenvalue weighted by atomic mass is 16.5. The van der Waals surface area contributed by atoms with Crippen molar-refractivity contribution in [3.05, 3.63) is 0 Å². The van der Waals surface area contributed by atoms with E-state index in [0.29, 0.717) is 32.3 Å². The molecule has 4 nitrogen and oxygen atoms in total. The van der Waals surface area contributed by atoms with Crippen LogP contribution in [0.5, 0.6) is 0 Å². The predicted octanol–water partition coefficient (Wildman–Crippen LogP) is 0.683. The Hall–Kier alpha value is -0.160.